The van der Waals surface area contributed by atoms with Crippen molar-refractivity contribution in [3.63, 3.8) is 0 Å². The number of carbonyl (C=O) groups excluding carboxylic acids is 4. The summed E-state index contributed by atoms with van der Waals surface area (Å²) in [4.78, 5) is 70.9. The Morgan fingerprint density at radius 1 is 0.810 bits per heavy atom. The predicted molar refractivity (Wildman–Crippen MR) is 217 cm³/mol. The molecule has 2 aromatic heterocycles. The number of rotatable bonds is 13. The second-order valence-electron chi connectivity index (χ2n) is 14.8. The number of carbonyl (C=O) groups is 4. The molecule has 17 heteroatoms. The zero-order chi connectivity index (χ0) is 41.7. The largest absolute Gasteiger partial charge is 0.453 e. The van der Waals surface area contributed by atoms with Crippen molar-refractivity contribution < 1.29 is 37.8 Å². The van der Waals surface area contributed by atoms with Crippen LogP contribution in [-0.4, -0.2) is 118 Å². The number of halogens is 1. The summed E-state index contributed by atoms with van der Waals surface area (Å²) in [6, 6.07) is 10.1. The van der Waals surface area contributed by atoms with Gasteiger partial charge in [-0.25, -0.2) is 23.9 Å². The Kier molecular flexibility index (Phi) is 13.4. The highest BCUT2D eigenvalue weighted by Gasteiger charge is 2.42. The van der Waals surface area contributed by atoms with Gasteiger partial charge in [0.25, 0.3) is 0 Å². The highest BCUT2D eigenvalue weighted by Crippen LogP contribution is 2.38. The molecule has 0 radical (unpaired) electrons. The number of ether oxygens (including phenoxy) is 3. The number of benzene rings is 2. The van der Waals surface area contributed by atoms with E-state index in [1.54, 1.807) is 46.9 Å². The molecule has 4 aromatic rings. The number of aromatic amines is 2. The lowest BCUT2D eigenvalue weighted by Gasteiger charge is -2.30. The molecule has 310 valence electrons. The van der Waals surface area contributed by atoms with Crippen molar-refractivity contribution in [3.05, 3.63) is 72.3 Å². The summed E-state index contributed by atoms with van der Waals surface area (Å²) in [5, 5.41) is 5.42. The highest BCUT2D eigenvalue weighted by molar-refractivity contribution is 7.99. The van der Waals surface area contributed by atoms with E-state index < -0.39 is 42.2 Å². The fraction of sp³-hybridized carbons (Fsp3) is 0.463. The zero-order valence-corrected chi connectivity index (χ0v) is 34.5. The van der Waals surface area contributed by atoms with Crippen LogP contribution < -0.4 is 10.6 Å². The quantitative estimate of drug-likeness (QED) is 0.123. The van der Waals surface area contributed by atoms with Crippen molar-refractivity contribution >= 4 is 35.8 Å². The Balaban J connectivity index is 1.15. The van der Waals surface area contributed by atoms with Gasteiger partial charge >= 0.3 is 12.2 Å². The number of hydrogen-bond acceptors (Lipinski definition) is 10. The number of likely N-dealkylation sites (tertiary alicyclic amines) is 2. The molecule has 0 bridgehead atoms. The Labute approximate surface area is 341 Å². The monoisotopic (exact) mass is 818 g/mol. The SMILES string of the molecule is COC(=O)NC(C(=O)N1CCCC1c1ncc(-c2ccc(-c3ccc(-c4cnc(C5CC(SC)CN5C(=O)C(NC(=O)OC)C(C)OC)[nH]4)cc3F)cc2)[nH]1)C(C)C. The Bertz CT molecular complexity index is 2090. The average Bonchev–Trinajstić information content (AvgIpc) is 4.07. The third kappa shape index (κ3) is 8.99. The highest BCUT2D eigenvalue weighted by atomic mass is 32.2. The third-order valence-electron chi connectivity index (χ3n) is 11.0. The Morgan fingerprint density at radius 3 is 1.97 bits per heavy atom. The fourth-order valence-electron chi connectivity index (χ4n) is 7.60. The molecule has 4 amide bonds. The molecule has 0 aliphatic carbocycles. The maximum Gasteiger partial charge on any atom is 0.407 e. The van der Waals surface area contributed by atoms with Crippen LogP contribution in [0.4, 0.5) is 14.0 Å². The van der Waals surface area contributed by atoms with E-state index in [0.717, 1.165) is 24.1 Å². The van der Waals surface area contributed by atoms with E-state index in [-0.39, 0.29) is 29.0 Å². The number of H-pyrrole nitrogens is 2. The second-order valence-corrected chi connectivity index (χ2v) is 16.0. The molecule has 0 spiro atoms. The number of alkyl carbamates (subject to hydrolysis) is 2. The third-order valence-corrected chi connectivity index (χ3v) is 12.0. The van der Waals surface area contributed by atoms with E-state index in [1.807, 2.05) is 50.4 Å². The first-order valence-electron chi connectivity index (χ1n) is 19.2. The first-order valence-corrected chi connectivity index (χ1v) is 20.5. The first-order chi connectivity index (χ1) is 27.9. The topological polar surface area (TPSA) is 184 Å². The molecule has 4 heterocycles. The van der Waals surface area contributed by atoms with E-state index in [1.165, 1.54) is 27.4 Å². The molecule has 15 nitrogen and oxygen atoms in total. The molecule has 2 aliphatic heterocycles. The minimum Gasteiger partial charge on any atom is -0.453 e. The number of nitrogens with zero attached hydrogens (tertiary/aromatic N) is 4. The lowest BCUT2D eigenvalue weighted by molar-refractivity contribution is -0.137. The predicted octanol–water partition coefficient (Wildman–Crippen LogP) is 6.08. The molecule has 0 saturated carbocycles. The average molecular weight is 819 g/mol. The van der Waals surface area contributed by atoms with Gasteiger partial charge in [-0.05, 0) is 55.6 Å². The van der Waals surface area contributed by atoms with Crippen LogP contribution in [0.3, 0.4) is 0 Å². The van der Waals surface area contributed by atoms with Crippen molar-refractivity contribution in [3.8, 4) is 33.6 Å². The molecule has 2 aromatic carbocycles. The van der Waals surface area contributed by atoms with Crippen LogP contribution in [0, 0.1) is 11.7 Å². The van der Waals surface area contributed by atoms with Gasteiger partial charge in [0.05, 0.1) is 56.2 Å². The number of thioether (sulfide) groups is 1. The summed E-state index contributed by atoms with van der Waals surface area (Å²) in [7, 11) is 3.98. The molecule has 2 fully saturated rings. The van der Waals surface area contributed by atoms with Crippen molar-refractivity contribution in [2.45, 2.75) is 75.6 Å². The van der Waals surface area contributed by atoms with Crippen LogP contribution in [0.25, 0.3) is 33.6 Å². The maximum absolute atomic E-state index is 15.8. The van der Waals surface area contributed by atoms with E-state index >= 15 is 4.39 Å². The molecular formula is C41H51FN8O7S. The molecular weight excluding hydrogens is 768 g/mol. The summed E-state index contributed by atoms with van der Waals surface area (Å²) >= 11 is 1.65. The maximum atomic E-state index is 15.8. The summed E-state index contributed by atoms with van der Waals surface area (Å²) in [5.74, 6) is 0.176. The molecule has 4 N–H and O–H groups in total. The summed E-state index contributed by atoms with van der Waals surface area (Å²) in [6.07, 6.45) is 5.54. The van der Waals surface area contributed by atoms with E-state index in [0.29, 0.717) is 53.5 Å². The molecule has 58 heavy (non-hydrogen) atoms. The number of aromatic nitrogens is 4. The van der Waals surface area contributed by atoms with Gasteiger partial charge in [0.15, 0.2) is 0 Å². The van der Waals surface area contributed by atoms with E-state index in [2.05, 4.69) is 30.6 Å². The summed E-state index contributed by atoms with van der Waals surface area (Å²) < 4.78 is 30.7. The molecule has 2 aliphatic rings. The number of methoxy groups -OCH3 is 3. The molecule has 6 rings (SSSR count). The Hall–Kier alpha value is -5.42. The number of nitrogens with one attached hydrogen (secondary N) is 4. The lowest BCUT2D eigenvalue weighted by atomic mass is 10.0. The van der Waals surface area contributed by atoms with E-state index in [4.69, 9.17) is 14.2 Å². The summed E-state index contributed by atoms with van der Waals surface area (Å²) in [6.45, 7) is 6.46. The smallest absolute Gasteiger partial charge is 0.407 e. The van der Waals surface area contributed by atoms with Crippen LogP contribution in [0.2, 0.25) is 0 Å². The normalized spacial score (nSPS) is 19.5. The minimum absolute atomic E-state index is 0.137. The van der Waals surface area contributed by atoms with Gasteiger partial charge in [-0.3, -0.25) is 9.59 Å². The van der Waals surface area contributed by atoms with Gasteiger partial charge < -0.3 is 44.6 Å². The Morgan fingerprint density at radius 2 is 1.38 bits per heavy atom. The van der Waals surface area contributed by atoms with Crippen LogP contribution >= 0.6 is 11.8 Å². The van der Waals surface area contributed by atoms with Gasteiger partial charge in [-0.15, -0.1) is 0 Å². The van der Waals surface area contributed by atoms with Crippen LogP contribution in [0.15, 0.2) is 54.9 Å². The number of amides is 4. The van der Waals surface area contributed by atoms with E-state index in [9.17, 15) is 19.2 Å². The van der Waals surface area contributed by atoms with Crippen LogP contribution in [0.1, 0.15) is 63.8 Å². The number of imidazole rings is 2. The van der Waals surface area contributed by atoms with Gasteiger partial charge in [0.1, 0.15) is 29.5 Å². The van der Waals surface area contributed by atoms with Gasteiger partial charge in [0.2, 0.25) is 11.8 Å². The van der Waals surface area contributed by atoms with Gasteiger partial charge in [-0.2, -0.15) is 11.8 Å². The van der Waals surface area contributed by atoms with Crippen LogP contribution in [0.5, 0.6) is 0 Å². The lowest BCUT2D eigenvalue weighted by Crippen LogP contribution is -2.54. The standard InChI is InChI=1S/C41H51FN8O7S/c1-22(2)34(47-40(53)56-5)38(51)49-16-8-9-32(49)36-43-19-30(45-36)25-12-10-24(11-13-25)28-15-14-26(17-29(28)42)31-20-44-37(46-31)33-18-27(58-7)21-50(33)39(52)35(23(3)55-4)48-41(54)57-6/h10-15,17,19-20,22-23,27,32-35H,8-9,16,18,21H2,1-7H3,(H,43,45)(H,44,46)(H,47,53)(H,48,54). The van der Waals surface area contributed by atoms with Crippen molar-refractivity contribution in [1.82, 2.24) is 40.4 Å². The second kappa shape index (κ2) is 18.4. The molecule has 6 atom stereocenters. The van der Waals surface area contributed by atoms with Crippen molar-refractivity contribution in [2.75, 3.05) is 40.7 Å². The van der Waals surface area contributed by atoms with Crippen molar-refractivity contribution in [1.29, 1.82) is 0 Å². The summed E-state index contributed by atoms with van der Waals surface area (Å²) in [5.41, 5.74) is 3.91. The first kappa shape index (κ1) is 42.2. The molecule has 2 saturated heterocycles. The molecule has 6 unspecified atom stereocenters. The van der Waals surface area contributed by atoms with Crippen molar-refractivity contribution in [2.24, 2.45) is 5.92 Å². The fourth-order valence-corrected chi connectivity index (χ4v) is 8.28. The van der Waals surface area contributed by atoms with Gasteiger partial charge in [-0.1, -0.05) is 50.2 Å². The van der Waals surface area contributed by atoms with Gasteiger partial charge in [0, 0.05) is 36.6 Å². The zero-order valence-electron chi connectivity index (χ0n) is 33.7. The number of hydrogen-bond donors (Lipinski definition) is 4. The van der Waals surface area contributed by atoms with Crippen LogP contribution in [-0.2, 0) is 23.8 Å². The minimum atomic E-state index is -0.968.